The summed E-state index contributed by atoms with van der Waals surface area (Å²) >= 11 is 1.89. The quantitative estimate of drug-likeness (QED) is 0.0900. The van der Waals surface area contributed by atoms with Crippen LogP contribution in [0.5, 0.6) is 23.0 Å². The van der Waals surface area contributed by atoms with Gasteiger partial charge in [0.05, 0.1) is 21.5 Å². The molecule has 5 nitrogen and oxygen atoms in total. The van der Waals surface area contributed by atoms with Gasteiger partial charge in [0.15, 0.2) is 32.3 Å². The van der Waals surface area contributed by atoms with Crippen LogP contribution in [0.2, 0.25) is 0 Å². The molecule has 0 unspecified atom stereocenters. The van der Waals surface area contributed by atoms with Crippen LogP contribution in [0.4, 0.5) is 34.1 Å². The summed E-state index contributed by atoms with van der Waals surface area (Å²) in [7, 11) is -12.9. The van der Waals surface area contributed by atoms with E-state index in [2.05, 4.69) is 532 Å². The molecule has 24 aromatic rings. The first-order valence-corrected chi connectivity index (χ1v) is 56.3. The zero-order chi connectivity index (χ0) is 91.0. The van der Waals surface area contributed by atoms with E-state index < -0.39 is 32.3 Å². The fourth-order valence-corrected chi connectivity index (χ4v) is 50.4. The molecule has 22 aromatic carbocycles. The largest absolute Gasteiger partial charge is 0.458 e. The lowest BCUT2D eigenvalue weighted by atomic mass is 10.00. The van der Waals surface area contributed by atoms with Crippen molar-refractivity contribution in [1.29, 1.82) is 0 Å². The molecule has 0 radical (unpaired) electrons. The van der Waals surface area contributed by atoms with Crippen LogP contribution < -0.4 is 102 Å². The Hall–Kier alpha value is -16.6. The van der Waals surface area contributed by atoms with E-state index in [0.717, 1.165) is 73.2 Å². The summed E-state index contributed by atoms with van der Waals surface area (Å²) < 4.78 is 23.2. The zero-order valence-corrected chi connectivity index (χ0v) is 80.0. The summed E-state index contributed by atoms with van der Waals surface area (Å²) in [4.78, 5) is 5.21. The van der Waals surface area contributed by atoms with Gasteiger partial charge in [0.1, 0.15) is 34.2 Å². The summed E-state index contributed by atoms with van der Waals surface area (Å²) in [5, 5.41) is 31.6. The van der Waals surface area contributed by atoms with Crippen LogP contribution in [-0.2, 0) is 0 Å². The monoisotopic (exact) mass is 1840 g/mol. The average molecular weight is 1840 g/mol. The van der Waals surface area contributed by atoms with Gasteiger partial charge in [-0.05, 0) is 218 Å². The number of anilines is 6. The third-order valence-corrected chi connectivity index (χ3v) is 51.6. The molecule has 4 aliphatic rings. The van der Waals surface area contributed by atoms with Crippen molar-refractivity contribution in [3.05, 3.63) is 522 Å². The normalized spacial score (nSPS) is 13.9. The van der Waals surface area contributed by atoms with Crippen LogP contribution >= 0.6 is 11.3 Å². The lowest BCUT2D eigenvalue weighted by molar-refractivity contribution is 0.487. The maximum absolute atomic E-state index is 6.96. The van der Waals surface area contributed by atoms with Crippen LogP contribution in [0.1, 0.15) is 0 Å². The summed E-state index contributed by atoms with van der Waals surface area (Å²) in [5.74, 6) is 3.75. The second-order valence-electron chi connectivity index (χ2n) is 36.5. The topological polar surface area (TPSA) is 38.1 Å². The first-order valence-electron chi connectivity index (χ1n) is 47.5. The molecule has 648 valence electrons. The average Bonchev–Trinajstić information content (AvgIpc) is 0.743. The Balaban J connectivity index is 0.000000139. The molecule has 0 atom stereocenters. The summed E-state index contributed by atoms with van der Waals surface area (Å²) in [6.07, 6.45) is 0. The summed E-state index contributed by atoms with van der Waals surface area (Å²) in [5.41, 5.74) is 13.3. The highest BCUT2D eigenvalue weighted by Crippen LogP contribution is 2.49. The highest BCUT2D eigenvalue weighted by atomic mass is 32.1. The molecule has 138 heavy (non-hydrogen) atoms. The number of benzene rings is 22. The molecule has 4 aliphatic heterocycles. The second-order valence-corrected chi connectivity index (χ2v) is 52.2. The fraction of sp³-hybridized carbons (Fsp3) is 0. The maximum Gasteiger partial charge on any atom is 0.188 e. The van der Waals surface area contributed by atoms with Crippen LogP contribution in [0, 0.1) is 0 Å². The van der Waals surface area contributed by atoms with Gasteiger partial charge in [-0.3, -0.25) is 0 Å². The highest BCUT2D eigenvalue weighted by Gasteiger charge is 2.63. The smallest absolute Gasteiger partial charge is 0.188 e. The number of hydrogen-bond donors (Lipinski definition) is 0. The van der Waals surface area contributed by atoms with E-state index in [1.807, 2.05) is 11.3 Å². The predicted molar refractivity (Wildman–Crippen MR) is 590 cm³/mol. The Bertz CT molecular complexity index is 8770. The number of thiophene rings is 1. The van der Waals surface area contributed by atoms with Gasteiger partial charge in [-0.2, -0.15) is 0 Å². The number of rotatable bonds is 12. The molecular formula is C128H86N2O3SSi4. The number of para-hydroxylation sites is 5. The lowest BCUT2D eigenvalue weighted by Gasteiger charge is -2.51. The Morgan fingerprint density at radius 2 is 0.529 bits per heavy atom. The maximum atomic E-state index is 6.96. The van der Waals surface area contributed by atoms with Crippen molar-refractivity contribution in [1.82, 2.24) is 0 Å². The van der Waals surface area contributed by atoms with Gasteiger partial charge in [0.25, 0.3) is 0 Å². The first kappa shape index (κ1) is 81.0. The Kier molecular flexibility index (Phi) is 19.2. The van der Waals surface area contributed by atoms with Crippen molar-refractivity contribution in [2.24, 2.45) is 0 Å². The molecule has 0 bridgehead atoms. The van der Waals surface area contributed by atoms with Crippen molar-refractivity contribution in [3.63, 3.8) is 0 Å². The second kappa shape index (κ2) is 32.6. The van der Waals surface area contributed by atoms with Crippen LogP contribution in [0.25, 0.3) is 85.9 Å². The first-order chi connectivity index (χ1) is 68.5. The number of ether oxygens (including phenoxy) is 2. The minimum Gasteiger partial charge on any atom is -0.458 e. The van der Waals surface area contributed by atoms with E-state index in [4.69, 9.17) is 13.9 Å². The predicted octanol–water partition coefficient (Wildman–Crippen LogP) is 22.6. The van der Waals surface area contributed by atoms with Crippen molar-refractivity contribution >= 4 is 224 Å². The molecule has 28 rings (SSSR count). The Morgan fingerprint density at radius 1 is 0.196 bits per heavy atom. The van der Waals surface area contributed by atoms with E-state index in [9.17, 15) is 0 Å². The molecule has 0 saturated heterocycles. The van der Waals surface area contributed by atoms with Gasteiger partial charge in [0, 0.05) is 43.6 Å². The number of nitrogens with zero attached hydrogens (tertiary/aromatic N) is 2. The molecule has 10 heteroatoms. The SMILES string of the molecule is c1ccc(-c2ccc(-c3ccc(N(c4cccc5c4[Si](c4ccccc4)(c4ccccc4)c4ccccc4[Si]54c5ccccc5Oc5ccccc54)c4cccc5oc6ccccc6c45)cc3)cc2)cc1.c1ccc([Si]2(c3ccccc3)c3ccccc3[Si]3(c4ccccc4Oc4ccccc43)c3cccc(N(c4ccc5c(ccc6ccccc65)c4)c4cccc5c4sc4ccccc45)c32)cc1. The molecule has 0 saturated carbocycles. The highest BCUT2D eigenvalue weighted by molar-refractivity contribution is 7.35. The third kappa shape index (κ3) is 12.1. The molecule has 6 heterocycles. The minimum absolute atomic E-state index is 0.853. The van der Waals surface area contributed by atoms with Crippen molar-refractivity contribution in [2.75, 3.05) is 9.80 Å². The minimum atomic E-state index is -3.28. The molecule has 2 aromatic heterocycles. The molecule has 0 aliphatic carbocycles. The molecule has 2 spiro atoms. The van der Waals surface area contributed by atoms with Crippen LogP contribution in [-0.4, -0.2) is 32.3 Å². The third-order valence-electron chi connectivity index (χ3n) is 29.7. The van der Waals surface area contributed by atoms with Gasteiger partial charge in [0.2, 0.25) is 0 Å². The van der Waals surface area contributed by atoms with E-state index in [1.54, 1.807) is 0 Å². The fourth-order valence-electron chi connectivity index (χ4n) is 24.2. The number of fused-ring (bicyclic) bond motifs is 25. The van der Waals surface area contributed by atoms with E-state index in [0.29, 0.717) is 0 Å². The van der Waals surface area contributed by atoms with E-state index in [1.165, 1.54) is 153 Å². The van der Waals surface area contributed by atoms with Crippen LogP contribution in [0.15, 0.2) is 526 Å². The van der Waals surface area contributed by atoms with Gasteiger partial charge in [-0.1, -0.05) is 431 Å². The van der Waals surface area contributed by atoms with Crippen molar-refractivity contribution in [3.8, 4) is 45.3 Å². The summed E-state index contributed by atoms with van der Waals surface area (Å²) in [6.45, 7) is 0. The van der Waals surface area contributed by atoms with E-state index >= 15 is 0 Å². The zero-order valence-electron chi connectivity index (χ0n) is 75.2. The Morgan fingerprint density at radius 3 is 1.04 bits per heavy atom. The Labute approximate surface area is 808 Å². The van der Waals surface area contributed by atoms with Crippen molar-refractivity contribution in [2.45, 2.75) is 0 Å². The van der Waals surface area contributed by atoms with Gasteiger partial charge < -0.3 is 23.7 Å². The summed E-state index contributed by atoms with van der Waals surface area (Å²) in [6, 6.07) is 195. The van der Waals surface area contributed by atoms with Gasteiger partial charge >= 0.3 is 0 Å². The molecule has 0 fully saturated rings. The van der Waals surface area contributed by atoms with Crippen molar-refractivity contribution < 1.29 is 13.9 Å². The van der Waals surface area contributed by atoms with E-state index in [-0.39, 0.29) is 0 Å². The molecule has 0 N–H and O–H groups in total. The number of hydrogen-bond acceptors (Lipinski definition) is 6. The van der Waals surface area contributed by atoms with Gasteiger partial charge in [-0.25, -0.2) is 0 Å². The van der Waals surface area contributed by atoms with Crippen LogP contribution in [0.3, 0.4) is 0 Å². The number of furan rings is 1. The standard InChI is InChI=1S/C66H45NO2Si2.C62H41NOSSi2/c1-4-20-46(21-5-1)47-38-40-48(41-39-47)49-42-44-50(45-43-49)67(54-27-18-32-59-65(54)53-26-10-11-29-56(53)68-59)55-28-19-37-64-66(55)70(51-22-6-2-7-23-51,52-24-8-3-9-25-52)62-35-16-17-36-63(62)71(64)60-33-14-12-30-57(60)69-58-31-13-15-34-61(58)71;1-3-20-45(21-4-1)66(46-22-5-2-6-23-46)58-34-15-16-35-59(58)67(56-32-13-10-29-53(56)64-54-30-11-14-33-57(54)67)60-36-18-28-52(62(60)66)63(51-27-17-26-50-49-25-9-12-31-55(49)65-61(50)51)44-39-40-48-43(41-44)38-37-42-19-7-8-24-47(42)48/h1-45H;1-41H. The lowest BCUT2D eigenvalue weighted by Crippen LogP contribution is -2.93. The molecule has 0 amide bonds. The molecular weight excluding hydrogens is 1760 g/mol. The van der Waals surface area contributed by atoms with Gasteiger partial charge in [-0.15, -0.1) is 11.3 Å².